The van der Waals surface area contributed by atoms with E-state index < -0.39 is 0 Å². The number of rotatable bonds is 4. The van der Waals surface area contributed by atoms with Crippen molar-refractivity contribution in [3.63, 3.8) is 0 Å². The molecule has 0 bridgehead atoms. The third-order valence-electron chi connectivity index (χ3n) is 2.13. The molecule has 88 valence electrons. The van der Waals surface area contributed by atoms with E-state index in [-0.39, 0.29) is 5.91 Å². The van der Waals surface area contributed by atoms with Crippen LogP contribution in [0.5, 0.6) is 0 Å². The van der Waals surface area contributed by atoms with E-state index in [1.54, 1.807) is 6.07 Å². The van der Waals surface area contributed by atoms with Crippen molar-refractivity contribution in [1.82, 2.24) is 5.32 Å². The Labute approximate surface area is 110 Å². The number of nitrogens with one attached hydrogen (secondary N) is 1. The van der Waals surface area contributed by atoms with Crippen LogP contribution in [0.1, 0.15) is 29.3 Å². The van der Waals surface area contributed by atoms with Crippen LogP contribution >= 0.6 is 27.5 Å². The van der Waals surface area contributed by atoms with Gasteiger partial charge in [0.05, 0.1) is 0 Å². The molecule has 1 aromatic rings. The number of hydrogen-bond donors (Lipinski definition) is 1. The third-order valence-corrected chi connectivity index (χ3v) is 2.81. The van der Waals surface area contributed by atoms with Gasteiger partial charge in [-0.25, -0.2) is 0 Å². The lowest BCUT2D eigenvalue weighted by molar-refractivity contribution is 0.0953. The van der Waals surface area contributed by atoms with Crippen LogP contribution < -0.4 is 5.32 Å². The molecule has 1 aromatic carbocycles. The van der Waals surface area contributed by atoms with Gasteiger partial charge in [-0.2, -0.15) is 0 Å². The lowest BCUT2D eigenvalue weighted by atomic mass is 10.1. The predicted octanol–water partition coefficient (Wildman–Crippen LogP) is 3.55. The van der Waals surface area contributed by atoms with Gasteiger partial charge in [-0.05, 0) is 37.1 Å². The zero-order valence-corrected chi connectivity index (χ0v) is 11.7. The quantitative estimate of drug-likeness (QED) is 0.847. The van der Waals surface area contributed by atoms with Crippen LogP contribution in [0.3, 0.4) is 0 Å². The number of amides is 1. The monoisotopic (exact) mass is 303 g/mol. The van der Waals surface area contributed by atoms with Crippen molar-refractivity contribution in [2.24, 2.45) is 0 Å². The normalized spacial score (nSPS) is 12.2. The lowest BCUT2D eigenvalue weighted by Gasteiger charge is -2.07. The second-order valence-corrected chi connectivity index (χ2v) is 5.84. The first-order valence-corrected chi connectivity index (χ1v) is 6.48. The van der Waals surface area contributed by atoms with E-state index in [4.69, 9.17) is 11.6 Å². The molecule has 1 unspecified atom stereocenters. The topological polar surface area (TPSA) is 29.1 Å². The molecule has 1 atom stereocenters. The Bertz CT molecular complexity index is 359. The number of benzene rings is 1. The molecule has 0 aliphatic carbocycles. The lowest BCUT2D eigenvalue weighted by Crippen LogP contribution is -2.25. The maximum Gasteiger partial charge on any atom is 0.251 e. The zero-order chi connectivity index (χ0) is 12.1. The van der Waals surface area contributed by atoms with E-state index in [2.05, 4.69) is 28.2 Å². The maximum atomic E-state index is 11.7. The molecular weight excluding hydrogens is 289 g/mol. The Kier molecular flexibility index (Phi) is 5.29. The Morgan fingerprint density at radius 1 is 1.50 bits per heavy atom. The largest absolute Gasteiger partial charge is 0.352 e. The van der Waals surface area contributed by atoms with E-state index in [0.717, 1.165) is 12.0 Å². The van der Waals surface area contributed by atoms with Crippen molar-refractivity contribution in [3.05, 3.63) is 34.3 Å². The van der Waals surface area contributed by atoms with Gasteiger partial charge in [0.1, 0.15) is 0 Å². The average molecular weight is 305 g/mol. The molecule has 0 saturated carbocycles. The number of hydrogen-bond acceptors (Lipinski definition) is 1. The standard InChI is InChI=1S/C12H15BrClNO/c1-8-5-10(7-11(14)6-8)12(16)15-4-3-9(2)13/h5-7,9H,3-4H2,1-2H3,(H,15,16). The van der Waals surface area contributed by atoms with Crippen molar-refractivity contribution >= 4 is 33.4 Å². The first-order valence-electron chi connectivity index (χ1n) is 5.18. The molecule has 0 fully saturated rings. The number of carbonyl (C=O) groups is 1. The average Bonchev–Trinajstić information content (AvgIpc) is 2.15. The SMILES string of the molecule is Cc1cc(Cl)cc(C(=O)NCCC(C)Br)c1. The van der Waals surface area contributed by atoms with E-state index in [0.29, 0.717) is 22.0 Å². The summed E-state index contributed by atoms with van der Waals surface area (Å²) in [6, 6.07) is 5.35. The van der Waals surface area contributed by atoms with Gasteiger partial charge in [-0.1, -0.05) is 34.5 Å². The predicted molar refractivity (Wildman–Crippen MR) is 71.5 cm³/mol. The van der Waals surface area contributed by atoms with Crippen LogP contribution in [-0.4, -0.2) is 17.3 Å². The molecule has 1 N–H and O–H groups in total. The second kappa shape index (κ2) is 6.26. The summed E-state index contributed by atoms with van der Waals surface area (Å²) in [6.45, 7) is 4.63. The molecule has 0 saturated heterocycles. The van der Waals surface area contributed by atoms with Gasteiger partial charge in [-0.3, -0.25) is 4.79 Å². The van der Waals surface area contributed by atoms with Gasteiger partial charge >= 0.3 is 0 Å². The fraction of sp³-hybridized carbons (Fsp3) is 0.417. The second-order valence-electron chi connectivity index (χ2n) is 3.84. The van der Waals surface area contributed by atoms with Crippen LogP contribution in [0.2, 0.25) is 5.02 Å². The summed E-state index contributed by atoms with van der Waals surface area (Å²) in [5.74, 6) is -0.0706. The van der Waals surface area contributed by atoms with Gasteiger partial charge in [-0.15, -0.1) is 0 Å². The highest BCUT2D eigenvalue weighted by Gasteiger charge is 2.06. The molecule has 4 heteroatoms. The van der Waals surface area contributed by atoms with Crippen molar-refractivity contribution in [2.45, 2.75) is 25.1 Å². The molecule has 0 aliphatic rings. The summed E-state index contributed by atoms with van der Waals surface area (Å²) in [5.41, 5.74) is 1.61. The van der Waals surface area contributed by atoms with Crippen molar-refractivity contribution in [1.29, 1.82) is 0 Å². The molecule has 0 radical (unpaired) electrons. The van der Waals surface area contributed by atoms with Crippen LogP contribution in [0.15, 0.2) is 18.2 Å². The fourth-order valence-electron chi connectivity index (χ4n) is 1.35. The Hall–Kier alpha value is -0.540. The molecular formula is C12H15BrClNO. The summed E-state index contributed by atoms with van der Waals surface area (Å²) in [4.78, 5) is 12.2. The molecule has 1 rings (SSSR count). The Balaban J connectivity index is 2.59. The van der Waals surface area contributed by atoms with Gasteiger partial charge in [0, 0.05) is 22.0 Å². The minimum Gasteiger partial charge on any atom is -0.352 e. The third kappa shape index (κ3) is 4.54. The first kappa shape index (κ1) is 13.5. The molecule has 0 heterocycles. The maximum absolute atomic E-state index is 11.7. The Morgan fingerprint density at radius 2 is 2.19 bits per heavy atom. The molecule has 0 aliphatic heterocycles. The van der Waals surface area contributed by atoms with E-state index in [9.17, 15) is 4.79 Å². The van der Waals surface area contributed by atoms with E-state index in [1.165, 1.54) is 0 Å². The summed E-state index contributed by atoms with van der Waals surface area (Å²) < 4.78 is 0. The van der Waals surface area contributed by atoms with Gasteiger partial charge in [0.15, 0.2) is 0 Å². The number of alkyl halides is 1. The van der Waals surface area contributed by atoms with Crippen LogP contribution in [0.25, 0.3) is 0 Å². The van der Waals surface area contributed by atoms with Crippen molar-refractivity contribution < 1.29 is 4.79 Å². The van der Waals surface area contributed by atoms with Gasteiger partial charge in [0.25, 0.3) is 5.91 Å². The Morgan fingerprint density at radius 3 is 2.75 bits per heavy atom. The van der Waals surface area contributed by atoms with Crippen molar-refractivity contribution in [3.8, 4) is 0 Å². The summed E-state index contributed by atoms with van der Waals surface area (Å²) >= 11 is 9.32. The highest BCUT2D eigenvalue weighted by atomic mass is 79.9. The molecule has 0 spiro atoms. The number of halogens is 2. The number of carbonyl (C=O) groups excluding carboxylic acids is 1. The van der Waals surface area contributed by atoms with Crippen molar-refractivity contribution in [2.75, 3.05) is 6.54 Å². The highest BCUT2D eigenvalue weighted by molar-refractivity contribution is 9.09. The van der Waals surface area contributed by atoms with E-state index in [1.807, 2.05) is 19.1 Å². The smallest absolute Gasteiger partial charge is 0.251 e. The van der Waals surface area contributed by atoms with Gasteiger partial charge < -0.3 is 5.32 Å². The highest BCUT2D eigenvalue weighted by Crippen LogP contribution is 2.14. The first-order chi connectivity index (χ1) is 7.49. The molecule has 1 amide bonds. The fourth-order valence-corrected chi connectivity index (χ4v) is 1.87. The summed E-state index contributed by atoms with van der Waals surface area (Å²) in [7, 11) is 0. The van der Waals surface area contributed by atoms with Crippen LogP contribution in [0.4, 0.5) is 0 Å². The molecule has 0 aromatic heterocycles. The minimum absolute atomic E-state index is 0.0706. The minimum atomic E-state index is -0.0706. The molecule has 2 nitrogen and oxygen atoms in total. The van der Waals surface area contributed by atoms with Gasteiger partial charge in [0.2, 0.25) is 0 Å². The molecule has 16 heavy (non-hydrogen) atoms. The van der Waals surface area contributed by atoms with E-state index >= 15 is 0 Å². The van der Waals surface area contributed by atoms with Crippen LogP contribution in [-0.2, 0) is 0 Å². The number of aryl methyl sites for hydroxylation is 1. The van der Waals surface area contributed by atoms with Crippen LogP contribution in [0, 0.1) is 6.92 Å². The summed E-state index contributed by atoms with van der Waals surface area (Å²) in [6.07, 6.45) is 0.908. The summed E-state index contributed by atoms with van der Waals surface area (Å²) in [5, 5.41) is 3.45. The zero-order valence-electron chi connectivity index (χ0n) is 9.39.